The summed E-state index contributed by atoms with van der Waals surface area (Å²) in [4.78, 5) is 11.4. The van der Waals surface area contributed by atoms with Gasteiger partial charge in [-0.25, -0.2) is 4.79 Å². The van der Waals surface area contributed by atoms with Crippen LogP contribution < -0.4 is 10.1 Å². The first-order chi connectivity index (χ1) is 8.84. The number of carbonyl (C=O) groups excluding carboxylic acids is 1. The van der Waals surface area contributed by atoms with E-state index in [1.807, 2.05) is 18.2 Å². The van der Waals surface area contributed by atoms with Crippen molar-refractivity contribution in [1.82, 2.24) is 5.32 Å². The van der Waals surface area contributed by atoms with E-state index in [0.717, 1.165) is 19.5 Å². The Balaban J connectivity index is 1.62. The van der Waals surface area contributed by atoms with Crippen LogP contribution in [0.5, 0.6) is 5.75 Å². The Labute approximate surface area is 107 Å². The molecule has 1 aromatic rings. The van der Waals surface area contributed by atoms with Gasteiger partial charge in [-0.3, -0.25) is 0 Å². The molecule has 1 aliphatic heterocycles. The normalized spacial score (nSPS) is 19.2. The second kappa shape index (κ2) is 7.01. The molecule has 18 heavy (non-hydrogen) atoms. The molecule has 0 aromatic heterocycles. The fourth-order valence-corrected chi connectivity index (χ4v) is 2.09. The van der Waals surface area contributed by atoms with Crippen molar-refractivity contribution < 1.29 is 14.3 Å². The average molecular weight is 249 g/mol. The lowest BCUT2D eigenvalue weighted by atomic mass is 9.97. The van der Waals surface area contributed by atoms with Gasteiger partial charge < -0.3 is 14.8 Å². The van der Waals surface area contributed by atoms with Crippen molar-refractivity contribution in [1.29, 1.82) is 0 Å². The van der Waals surface area contributed by atoms with Crippen molar-refractivity contribution in [3.8, 4) is 5.75 Å². The first-order valence-corrected chi connectivity index (χ1v) is 6.45. The summed E-state index contributed by atoms with van der Waals surface area (Å²) in [6, 6.07) is 8.96. The SMILES string of the molecule is O=C(OCCC1CCCNC1)Oc1ccccc1. The molecule has 1 atom stereocenters. The molecule has 1 unspecified atom stereocenters. The van der Waals surface area contributed by atoms with Crippen LogP contribution in [0.2, 0.25) is 0 Å². The van der Waals surface area contributed by atoms with E-state index in [9.17, 15) is 4.79 Å². The maximum Gasteiger partial charge on any atom is 0.513 e. The summed E-state index contributed by atoms with van der Waals surface area (Å²) < 4.78 is 10.1. The van der Waals surface area contributed by atoms with Gasteiger partial charge in [-0.1, -0.05) is 18.2 Å². The van der Waals surface area contributed by atoms with Crippen molar-refractivity contribution >= 4 is 6.16 Å². The maximum absolute atomic E-state index is 11.4. The van der Waals surface area contributed by atoms with Gasteiger partial charge in [-0.15, -0.1) is 0 Å². The first kappa shape index (κ1) is 12.9. The predicted molar refractivity (Wildman–Crippen MR) is 68.6 cm³/mol. The molecule has 4 nitrogen and oxygen atoms in total. The molecule has 1 N–H and O–H groups in total. The summed E-state index contributed by atoms with van der Waals surface area (Å²) in [5.41, 5.74) is 0. The van der Waals surface area contributed by atoms with Gasteiger partial charge in [0, 0.05) is 0 Å². The molecule has 1 fully saturated rings. The number of rotatable bonds is 4. The first-order valence-electron chi connectivity index (χ1n) is 6.45. The van der Waals surface area contributed by atoms with Crippen LogP contribution in [0.25, 0.3) is 0 Å². The van der Waals surface area contributed by atoms with Gasteiger partial charge in [0.25, 0.3) is 0 Å². The molecule has 0 aliphatic carbocycles. The monoisotopic (exact) mass is 249 g/mol. The maximum atomic E-state index is 11.4. The number of nitrogens with one attached hydrogen (secondary N) is 1. The van der Waals surface area contributed by atoms with Gasteiger partial charge in [0.05, 0.1) is 6.61 Å². The lowest BCUT2D eigenvalue weighted by Crippen LogP contribution is -2.30. The quantitative estimate of drug-likeness (QED) is 0.658. The number of ether oxygens (including phenoxy) is 2. The van der Waals surface area contributed by atoms with Crippen LogP contribution in [0.15, 0.2) is 30.3 Å². The van der Waals surface area contributed by atoms with Gasteiger partial charge in [0.15, 0.2) is 0 Å². The van der Waals surface area contributed by atoms with E-state index < -0.39 is 6.16 Å². The van der Waals surface area contributed by atoms with Crippen molar-refractivity contribution in [3.63, 3.8) is 0 Å². The number of hydrogen-bond donors (Lipinski definition) is 1. The minimum Gasteiger partial charge on any atom is -0.434 e. The molecule has 1 aromatic carbocycles. The zero-order valence-electron chi connectivity index (χ0n) is 10.4. The van der Waals surface area contributed by atoms with Crippen molar-refractivity contribution in [2.45, 2.75) is 19.3 Å². The van der Waals surface area contributed by atoms with Crippen LogP contribution in [0, 0.1) is 5.92 Å². The smallest absolute Gasteiger partial charge is 0.434 e. The van der Waals surface area contributed by atoms with E-state index in [-0.39, 0.29) is 0 Å². The molecule has 1 heterocycles. The summed E-state index contributed by atoms with van der Waals surface area (Å²) in [5, 5.41) is 3.34. The Hall–Kier alpha value is -1.55. The molecule has 0 amide bonds. The highest BCUT2D eigenvalue weighted by molar-refractivity contribution is 5.63. The van der Waals surface area contributed by atoms with E-state index in [2.05, 4.69) is 5.32 Å². The number of hydrogen-bond acceptors (Lipinski definition) is 4. The molecular weight excluding hydrogens is 230 g/mol. The van der Waals surface area contributed by atoms with E-state index in [0.29, 0.717) is 18.3 Å². The van der Waals surface area contributed by atoms with Crippen molar-refractivity contribution in [2.75, 3.05) is 19.7 Å². The number of benzene rings is 1. The van der Waals surface area contributed by atoms with E-state index in [1.54, 1.807) is 12.1 Å². The summed E-state index contributed by atoms with van der Waals surface area (Å²) in [6.45, 7) is 2.56. The fraction of sp³-hybridized carbons (Fsp3) is 0.500. The van der Waals surface area contributed by atoms with Crippen molar-refractivity contribution in [2.24, 2.45) is 5.92 Å². The molecule has 1 saturated heterocycles. The van der Waals surface area contributed by atoms with Crippen LogP contribution in [-0.2, 0) is 4.74 Å². The molecule has 2 rings (SSSR count). The number of piperidine rings is 1. The molecule has 4 heteroatoms. The van der Waals surface area contributed by atoms with E-state index in [4.69, 9.17) is 9.47 Å². The third kappa shape index (κ3) is 4.37. The molecule has 0 radical (unpaired) electrons. The standard InChI is InChI=1S/C14H19NO3/c16-14(18-13-6-2-1-3-7-13)17-10-8-12-5-4-9-15-11-12/h1-3,6-7,12,15H,4-5,8-11H2. The molecule has 0 saturated carbocycles. The van der Waals surface area contributed by atoms with Crippen LogP contribution >= 0.6 is 0 Å². The highest BCUT2D eigenvalue weighted by Crippen LogP contribution is 2.14. The van der Waals surface area contributed by atoms with Gasteiger partial charge in [-0.05, 0) is 50.4 Å². The molecule has 0 spiro atoms. The third-order valence-corrected chi connectivity index (χ3v) is 3.09. The zero-order valence-corrected chi connectivity index (χ0v) is 10.4. The molecule has 0 bridgehead atoms. The molecular formula is C14H19NO3. The lowest BCUT2D eigenvalue weighted by molar-refractivity contribution is 0.0919. The van der Waals surface area contributed by atoms with Gasteiger partial charge in [0.1, 0.15) is 5.75 Å². The van der Waals surface area contributed by atoms with Crippen LogP contribution in [-0.4, -0.2) is 25.9 Å². The molecule has 1 aliphatic rings. The van der Waals surface area contributed by atoms with Gasteiger partial charge in [0.2, 0.25) is 0 Å². The minimum absolute atomic E-state index is 0.429. The highest BCUT2D eigenvalue weighted by Gasteiger charge is 2.14. The van der Waals surface area contributed by atoms with Crippen molar-refractivity contribution in [3.05, 3.63) is 30.3 Å². The topological polar surface area (TPSA) is 47.6 Å². The summed E-state index contributed by atoms with van der Waals surface area (Å²) >= 11 is 0. The Morgan fingerprint density at radius 2 is 2.17 bits per heavy atom. The third-order valence-electron chi connectivity index (χ3n) is 3.09. The van der Waals surface area contributed by atoms with Crippen LogP contribution in [0.4, 0.5) is 4.79 Å². The summed E-state index contributed by atoms with van der Waals surface area (Å²) in [6.07, 6.45) is 2.70. The zero-order chi connectivity index (χ0) is 12.6. The summed E-state index contributed by atoms with van der Waals surface area (Å²) in [7, 11) is 0. The number of para-hydroxylation sites is 1. The predicted octanol–water partition coefficient (Wildman–Crippen LogP) is 2.59. The van der Waals surface area contributed by atoms with Crippen LogP contribution in [0.1, 0.15) is 19.3 Å². The largest absolute Gasteiger partial charge is 0.513 e. The van der Waals surface area contributed by atoms with E-state index >= 15 is 0 Å². The number of carbonyl (C=O) groups is 1. The lowest BCUT2D eigenvalue weighted by Gasteiger charge is -2.22. The Morgan fingerprint density at radius 3 is 2.89 bits per heavy atom. The van der Waals surface area contributed by atoms with Gasteiger partial charge in [-0.2, -0.15) is 0 Å². The Kier molecular flexibility index (Phi) is 5.02. The van der Waals surface area contributed by atoms with E-state index in [1.165, 1.54) is 12.8 Å². The average Bonchev–Trinajstić information content (AvgIpc) is 2.41. The van der Waals surface area contributed by atoms with Gasteiger partial charge >= 0.3 is 6.16 Å². The molecule has 98 valence electrons. The minimum atomic E-state index is -0.620. The van der Waals surface area contributed by atoms with Crippen LogP contribution in [0.3, 0.4) is 0 Å². The highest BCUT2D eigenvalue weighted by atomic mass is 16.7. The second-order valence-corrected chi connectivity index (χ2v) is 4.51. The second-order valence-electron chi connectivity index (χ2n) is 4.51. The Morgan fingerprint density at radius 1 is 1.33 bits per heavy atom. The fourth-order valence-electron chi connectivity index (χ4n) is 2.09. The summed E-state index contributed by atoms with van der Waals surface area (Å²) in [5.74, 6) is 1.13. The Bertz CT molecular complexity index is 361.